The molecule has 26 heavy (non-hydrogen) atoms. The lowest BCUT2D eigenvalue weighted by molar-refractivity contribution is -0.119. The smallest absolute Gasteiger partial charge is 0.262 e. The van der Waals surface area contributed by atoms with Gasteiger partial charge in [-0.25, -0.2) is 8.42 Å². The Morgan fingerprint density at radius 2 is 1.73 bits per heavy atom. The molecule has 0 atom stereocenters. The molecule has 0 aliphatic heterocycles. The molecule has 0 bridgehead atoms. The van der Waals surface area contributed by atoms with Crippen LogP contribution in [0.5, 0.6) is 5.75 Å². The van der Waals surface area contributed by atoms with Crippen molar-refractivity contribution in [3.63, 3.8) is 0 Å². The minimum atomic E-state index is -3.73. The van der Waals surface area contributed by atoms with Crippen molar-refractivity contribution >= 4 is 21.6 Å². The average molecular weight is 376 g/mol. The third-order valence-electron chi connectivity index (χ3n) is 3.83. The first kappa shape index (κ1) is 19.8. The van der Waals surface area contributed by atoms with Gasteiger partial charge in [-0.1, -0.05) is 32.9 Å². The first-order chi connectivity index (χ1) is 12.0. The summed E-state index contributed by atoms with van der Waals surface area (Å²) < 4.78 is 33.3. The van der Waals surface area contributed by atoms with Crippen LogP contribution in [0.3, 0.4) is 0 Å². The summed E-state index contributed by atoms with van der Waals surface area (Å²) in [6.07, 6.45) is 0. The molecule has 1 amide bonds. The van der Waals surface area contributed by atoms with Gasteiger partial charge >= 0.3 is 0 Å². The number of amides is 1. The quantitative estimate of drug-likeness (QED) is 0.810. The van der Waals surface area contributed by atoms with E-state index in [9.17, 15) is 13.2 Å². The van der Waals surface area contributed by atoms with E-state index < -0.39 is 15.9 Å². The van der Waals surface area contributed by atoms with Gasteiger partial charge in [0.1, 0.15) is 5.75 Å². The second kappa shape index (κ2) is 7.37. The number of carbonyl (C=O) groups is 1. The summed E-state index contributed by atoms with van der Waals surface area (Å²) in [5, 5.41) is 0. The number of sulfonamides is 1. The zero-order valence-electron chi connectivity index (χ0n) is 15.4. The molecule has 6 nitrogen and oxygen atoms in total. The molecule has 0 aliphatic carbocycles. The van der Waals surface area contributed by atoms with E-state index in [1.54, 1.807) is 37.3 Å². The zero-order valence-corrected chi connectivity index (χ0v) is 16.2. The highest BCUT2D eigenvalue weighted by atomic mass is 32.2. The van der Waals surface area contributed by atoms with Gasteiger partial charge in [-0.3, -0.25) is 9.52 Å². The van der Waals surface area contributed by atoms with Crippen LogP contribution in [0.1, 0.15) is 31.9 Å². The van der Waals surface area contributed by atoms with Crippen molar-refractivity contribution in [2.24, 2.45) is 5.73 Å². The van der Waals surface area contributed by atoms with Crippen LogP contribution in [-0.4, -0.2) is 20.9 Å². The summed E-state index contributed by atoms with van der Waals surface area (Å²) in [5.74, 6) is -0.151. The van der Waals surface area contributed by atoms with Crippen molar-refractivity contribution in [2.45, 2.75) is 38.0 Å². The fourth-order valence-electron chi connectivity index (χ4n) is 2.34. The number of primary amides is 1. The standard InChI is InChI=1S/C19H24N2O4S/c1-13-5-6-14(19(2,3)4)11-17(13)26(23,24)21-15-7-9-16(10-8-15)25-12-18(20)22/h5-11,21H,12H2,1-4H3,(H2,20,22). The molecule has 0 aliphatic rings. The Labute approximate surface area is 154 Å². The summed E-state index contributed by atoms with van der Waals surface area (Å²) in [5.41, 5.74) is 6.88. The van der Waals surface area contributed by atoms with Crippen LogP contribution in [0.2, 0.25) is 0 Å². The molecule has 140 valence electrons. The molecule has 3 N–H and O–H groups in total. The number of nitrogens with two attached hydrogens (primary N) is 1. The number of hydrogen-bond donors (Lipinski definition) is 2. The van der Waals surface area contributed by atoms with Crippen LogP contribution >= 0.6 is 0 Å². The van der Waals surface area contributed by atoms with E-state index in [-0.39, 0.29) is 16.9 Å². The third kappa shape index (κ3) is 4.98. The Morgan fingerprint density at radius 3 is 2.27 bits per heavy atom. The maximum atomic E-state index is 12.8. The number of nitrogens with one attached hydrogen (secondary N) is 1. The van der Waals surface area contributed by atoms with E-state index in [1.165, 1.54) is 0 Å². The first-order valence-corrected chi connectivity index (χ1v) is 9.62. The predicted molar refractivity (Wildman–Crippen MR) is 102 cm³/mol. The second-order valence-corrected chi connectivity index (χ2v) is 8.77. The van der Waals surface area contributed by atoms with Crippen molar-refractivity contribution in [1.82, 2.24) is 0 Å². The number of rotatable bonds is 6. The summed E-state index contributed by atoms with van der Waals surface area (Å²) in [6.45, 7) is 7.64. The molecule has 7 heteroatoms. The summed E-state index contributed by atoms with van der Waals surface area (Å²) in [6, 6.07) is 11.7. The largest absolute Gasteiger partial charge is 0.484 e. The lowest BCUT2D eigenvalue weighted by atomic mass is 9.87. The highest BCUT2D eigenvalue weighted by molar-refractivity contribution is 7.92. The van der Waals surface area contributed by atoms with Gasteiger partial charge in [-0.2, -0.15) is 0 Å². The predicted octanol–water partition coefficient (Wildman–Crippen LogP) is 2.96. The molecule has 0 aromatic heterocycles. The number of benzene rings is 2. The van der Waals surface area contributed by atoms with E-state index in [0.717, 1.165) is 5.56 Å². The van der Waals surface area contributed by atoms with Crippen LogP contribution in [-0.2, 0) is 20.2 Å². The molecule has 0 heterocycles. The van der Waals surface area contributed by atoms with Crippen molar-refractivity contribution in [1.29, 1.82) is 0 Å². The molecule has 0 spiro atoms. The summed E-state index contributed by atoms with van der Waals surface area (Å²) >= 11 is 0. The van der Waals surface area contributed by atoms with Gasteiger partial charge in [0.05, 0.1) is 4.90 Å². The second-order valence-electron chi connectivity index (χ2n) is 7.12. The highest BCUT2D eigenvalue weighted by Gasteiger charge is 2.21. The van der Waals surface area contributed by atoms with E-state index in [2.05, 4.69) is 4.72 Å². The first-order valence-electron chi connectivity index (χ1n) is 8.14. The molecule has 2 rings (SSSR count). The molecular formula is C19H24N2O4S. The van der Waals surface area contributed by atoms with Crippen LogP contribution in [0.4, 0.5) is 5.69 Å². The third-order valence-corrected chi connectivity index (χ3v) is 5.35. The molecule has 2 aromatic carbocycles. The lowest BCUT2D eigenvalue weighted by Gasteiger charge is -2.21. The maximum absolute atomic E-state index is 12.8. The average Bonchev–Trinajstić information content (AvgIpc) is 2.53. The van der Waals surface area contributed by atoms with E-state index in [0.29, 0.717) is 17.0 Å². The van der Waals surface area contributed by atoms with Gasteiger partial charge in [-0.05, 0) is 53.8 Å². The fraction of sp³-hybridized carbons (Fsp3) is 0.316. The number of carbonyl (C=O) groups excluding carboxylic acids is 1. The fourth-order valence-corrected chi connectivity index (χ4v) is 3.67. The highest BCUT2D eigenvalue weighted by Crippen LogP contribution is 2.28. The minimum Gasteiger partial charge on any atom is -0.484 e. The Morgan fingerprint density at radius 1 is 1.12 bits per heavy atom. The number of aryl methyl sites for hydroxylation is 1. The van der Waals surface area contributed by atoms with Crippen LogP contribution in [0.25, 0.3) is 0 Å². The monoisotopic (exact) mass is 376 g/mol. The Bertz CT molecular complexity index is 898. The topological polar surface area (TPSA) is 98.5 Å². The Balaban J connectivity index is 2.25. The Kier molecular flexibility index (Phi) is 5.61. The van der Waals surface area contributed by atoms with Gasteiger partial charge in [0.25, 0.3) is 15.9 Å². The summed E-state index contributed by atoms with van der Waals surface area (Å²) in [4.78, 5) is 11.0. The lowest BCUT2D eigenvalue weighted by Crippen LogP contribution is -2.20. The van der Waals surface area contributed by atoms with Gasteiger partial charge in [-0.15, -0.1) is 0 Å². The molecule has 0 saturated heterocycles. The molecule has 0 unspecified atom stereocenters. The Hall–Kier alpha value is -2.54. The SMILES string of the molecule is Cc1ccc(C(C)(C)C)cc1S(=O)(=O)Nc1ccc(OCC(N)=O)cc1. The van der Waals surface area contributed by atoms with Gasteiger partial charge in [0.2, 0.25) is 0 Å². The van der Waals surface area contributed by atoms with Crippen LogP contribution < -0.4 is 15.2 Å². The normalized spacial score (nSPS) is 11.8. The number of ether oxygens (including phenoxy) is 1. The summed E-state index contributed by atoms with van der Waals surface area (Å²) in [7, 11) is -3.73. The maximum Gasteiger partial charge on any atom is 0.262 e. The van der Waals surface area contributed by atoms with Crippen LogP contribution in [0.15, 0.2) is 47.4 Å². The van der Waals surface area contributed by atoms with Crippen molar-refractivity contribution in [2.75, 3.05) is 11.3 Å². The molecule has 2 aromatic rings. The number of anilines is 1. The van der Waals surface area contributed by atoms with E-state index in [1.807, 2.05) is 32.9 Å². The van der Waals surface area contributed by atoms with Gasteiger partial charge < -0.3 is 10.5 Å². The zero-order chi connectivity index (χ0) is 19.5. The van der Waals surface area contributed by atoms with E-state index >= 15 is 0 Å². The van der Waals surface area contributed by atoms with Crippen molar-refractivity contribution < 1.29 is 17.9 Å². The van der Waals surface area contributed by atoms with Crippen LogP contribution in [0, 0.1) is 6.92 Å². The molecular weight excluding hydrogens is 352 g/mol. The molecule has 0 radical (unpaired) electrons. The molecule has 0 saturated carbocycles. The minimum absolute atomic E-state index is 0.155. The number of hydrogen-bond acceptors (Lipinski definition) is 4. The molecule has 0 fully saturated rings. The van der Waals surface area contributed by atoms with E-state index in [4.69, 9.17) is 10.5 Å². The van der Waals surface area contributed by atoms with Crippen molar-refractivity contribution in [3.05, 3.63) is 53.6 Å². The van der Waals surface area contributed by atoms with Gasteiger partial charge in [0.15, 0.2) is 6.61 Å². The van der Waals surface area contributed by atoms with Gasteiger partial charge in [0, 0.05) is 5.69 Å². The van der Waals surface area contributed by atoms with Crippen molar-refractivity contribution in [3.8, 4) is 5.75 Å².